The fourth-order valence-electron chi connectivity index (χ4n) is 1.50. The second-order valence-corrected chi connectivity index (χ2v) is 4.47. The molecule has 0 aliphatic carbocycles. The average molecular weight is 265 g/mol. The SMILES string of the molecule is CCNCc1cnc(N(CC)CC(=O)N(C)C)nc1. The van der Waals surface area contributed by atoms with Crippen LogP contribution >= 0.6 is 0 Å². The first-order chi connectivity index (χ1) is 9.08. The molecule has 106 valence electrons. The number of likely N-dealkylation sites (N-methyl/N-ethyl adjacent to an activating group) is 2. The molecule has 0 fully saturated rings. The molecule has 19 heavy (non-hydrogen) atoms. The number of hydrogen-bond acceptors (Lipinski definition) is 5. The van der Waals surface area contributed by atoms with Crippen LogP contribution in [-0.2, 0) is 11.3 Å². The van der Waals surface area contributed by atoms with Crippen molar-refractivity contribution in [2.75, 3.05) is 38.6 Å². The molecule has 1 amide bonds. The quantitative estimate of drug-likeness (QED) is 0.778. The maximum absolute atomic E-state index is 11.7. The number of nitrogens with zero attached hydrogens (tertiary/aromatic N) is 4. The molecule has 6 heteroatoms. The van der Waals surface area contributed by atoms with E-state index < -0.39 is 0 Å². The molecule has 0 spiro atoms. The highest BCUT2D eigenvalue weighted by Crippen LogP contribution is 2.07. The minimum atomic E-state index is 0.0437. The third-order valence-corrected chi connectivity index (χ3v) is 2.76. The van der Waals surface area contributed by atoms with E-state index in [1.807, 2.05) is 11.8 Å². The molecule has 0 saturated heterocycles. The van der Waals surface area contributed by atoms with E-state index in [0.717, 1.165) is 18.7 Å². The number of hydrogen-bond donors (Lipinski definition) is 1. The van der Waals surface area contributed by atoms with E-state index in [2.05, 4.69) is 22.2 Å². The zero-order chi connectivity index (χ0) is 14.3. The van der Waals surface area contributed by atoms with Crippen LogP contribution in [0.3, 0.4) is 0 Å². The zero-order valence-electron chi connectivity index (χ0n) is 12.2. The summed E-state index contributed by atoms with van der Waals surface area (Å²) in [6, 6.07) is 0. The number of rotatable bonds is 7. The molecule has 0 bridgehead atoms. The number of aromatic nitrogens is 2. The molecule has 0 radical (unpaired) electrons. The first kappa shape index (κ1) is 15.4. The smallest absolute Gasteiger partial charge is 0.241 e. The normalized spacial score (nSPS) is 10.3. The third kappa shape index (κ3) is 4.82. The Bertz CT molecular complexity index is 391. The summed E-state index contributed by atoms with van der Waals surface area (Å²) in [5, 5.41) is 3.22. The van der Waals surface area contributed by atoms with Crippen LogP contribution in [0.5, 0.6) is 0 Å². The largest absolute Gasteiger partial charge is 0.347 e. The Kier molecular flexibility index (Phi) is 6.21. The molecule has 6 nitrogen and oxygen atoms in total. The molecule has 1 aromatic heterocycles. The van der Waals surface area contributed by atoms with Crippen LogP contribution in [0.15, 0.2) is 12.4 Å². The van der Waals surface area contributed by atoms with Gasteiger partial charge in [-0.3, -0.25) is 4.79 Å². The van der Waals surface area contributed by atoms with Gasteiger partial charge >= 0.3 is 0 Å². The molecule has 1 N–H and O–H groups in total. The van der Waals surface area contributed by atoms with E-state index in [0.29, 0.717) is 19.0 Å². The lowest BCUT2D eigenvalue weighted by atomic mass is 10.3. The molecule has 0 saturated carbocycles. The Labute approximate surface area is 114 Å². The van der Waals surface area contributed by atoms with Gasteiger partial charge in [-0.05, 0) is 13.5 Å². The van der Waals surface area contributed by atoms with Crippen molar-refractivity contribution in [3.05, 3.63) is 18.0 Å². The van der Waals surface area contributed by atoms with E-state index in [9.17, 15) is 4.79 Å². The summed E-state index contributed by atoms with van der Waals surface area (Å²) in [6.45, 7) is 6.72. The topological polar surface area (TPSA) is 61.4 Å². The molecular formula is C13H23N5O. The van der Waals surface area contributed by atoms with Crippen LogP contribution in [0, 0.1) is 0 Å². The summed E-state index contributed by atoms with van der Waals surface area (Å²) >= 11 is 0. The second kappa shape index (κ2) is 7.68. The second-order valence-electron chi connectivity index (χ2n) is 4.47. The first-order valence-corrected chi connectivity index (χ1v) is 6.55. The highest BCUT2D eigenvalue weighted by Gasteiger charge is 2.13. The van der Waals surface area contributed by atoms with Crippen molar-refractivity contribution in [2.45, 2.75) is 20.4 Å². The molecule has 1 heterocycles. The van der Waals surface area contributed by atoms with Crippen LogP contribution in [0.2, 0.25) is 0 Å². The predicted octanol–water partition coefficient (Wildman–Crippen LogP) is 0.501. The van der Waals surface area contributed by atoms with Gasteiger partial charge in [-0.25, -0.2) is 9.97 Å². The third-order valence-electron chi connectivity index (χ3n) is 2.76. The zero-order valence-corrected chi connectivity index (χ0v) is 12.2. The van der Waals surface area contributed by atoms with Gasteiger partial charge in [0.05, 0.1) is 6.54 Å². The summed E-state index contributed by atoms with van der Waals surface area (Å²) in [5.41, 5.74) is 1.04. The van der Waals surface area contributed by atoms with Crippen molar-refractivity contribution < 1.29 is 4.79 Å². The van der Waals surface area contributed by atoms with Gasteiger partial charge in [0, 0.05) is 45.1 Å². The molecule has 0 aliphatic heterocycles. The Morgan fingerprint density at radius 3 is 2.37 bits per heavy atom. The average Bonchev–Trinajstić information content (AvgIpc) is 2.42. The van der Waals surface area contributed by atoms with Crippen LogP contribution in [0.1, 0.15) is 19.4 Å². The maximum Gasteiger partial charge on any atom is 0.241 e. The summed E-state index contributed by atoms with van der Waals surface area (Å²) < 4.78 is 0. The lowest BCUT2D eigenvalue weighted by Gasteiger charge is -2.22. The van der Waals surface area contributed by atoms with Gasteiger partial charge in [0.2, 0.25) is 11.9 Å². The van der Waals surface area contributed by atoms with Crippen LogP contribution in [0.4, 0.5) is 5.95 Å². The fraction of sp³-hybridized carbons (Fsp3) is 0.615. The van der Waals surface area contributed by atoms with Gasteiger partial charge in [0.1, 0.15) is 0 Å². The van der Waals surface area contributed by atoms with Crippen molar-refractivity contribution in [3.63, 3.8) is 0 Å². The standard InChI is InChI=1S/C13H23N5O/c1-5-14-7-11-8-15-13(16-9-11)18(6-2)10-12(19)17(3)4/h8-9,14H,5-7,10H2,1-4H3. The summed E-state index contributed by atoms with van der Waals surface area (Å²) in [4.78, 5) is 23.8. The van der Waals surface area contributed by atoms with Crippen molar-refractivity contribution in [1.82, 2.24) is 20.2 Å². The molecule has 0 aliphatic rings. The predicted molar refractivity (Wildman–Crippen MR) is 76.0 cm³/mol. The van der Waals surface area contributed by atoms with Gasteiger partial charge in [-0.1, -0.05) is 6.92 Å². The van der Waals surface area contributed by atoms with E-state index in [4.69, 9.17) is 0 Å². The van der Waals surface area contributed by atoms with Gasteiger partial charge in [0.15, 0.2) is 0 Å². The Hall–Kier alpha value is -1.69. The van der Waals surface area contributed by atoms with Crippen molar-refractivity contribution in [2.24, 2.45) is 0 Å². The molecule has 1 rings (SSSR count). The summed E-state index contributed by atoms with van der Waals surface area (Å²) in [6.07, 6.45) is 3.60. The molecule has 0 unspecified atom stereocenters. The molecule has 1 aromatic rings. The van der Waals surface area contributed by atoms with Crippen molar-refractivity contribution in [1.29, 1.82) is 0 Å². The Balaban J connectivity index is 2.68. The number of carbonyl (C=O) groups is 1. The number of anilines is 1. The minimum absolute atomic E-state index is 0.0437. The maximum atomic E-state index is 11.7. The van der Waals surface area contributed by atoms with Gasteiger partial charge in [-0.2, -0.15) is 0 Å². The molecule has 0 atom stereocenters. The van der Waals surface area contributed by atoms with Gasteiger partial charge in [0.25, 0.3) is 0 Å². The molecular weight excluding hydrogens is 242 g/mol. The Morgan fingerprint density at radius 2 is 1.89 bits per heavy atom. The van der Waals surface area contributed by atoms with Crippen molar-refractivity contribution in [3.8, 4) is 0 Å². The van der Waals surface area contributed by atoms with Crippen LogP contribution in [-0.4, -0.2) is 54.5 Å². The number of amides is 1. The van der Waals surface area contributed by atoms with Crippen LogP contribution in [0.25, 0.3) is 0 Å². The summed E-state index contributed by atoms with van der Waals surface area (Å²) in [7, 11) is 3.49. The van der Waals surface area contributed by atoms with E-state index >= 15 is 0 Å². The Morgan fingerprint density at radius 1 is 1.26 bits per heavy atom. The summed E-state index contributed by atoms with van der Waals surface area (Å²) in [5.74, 6) is 0.639. The first-order valence-electron chi connectivity index (χ1n) is 6.55. The van der Waals surface area contributed by atoms with E-state index in [1.165, 1.54) is 0 Å². The highest BCUT2D eigenvalue weighted by atomic mass is 16.2. The van der Waals surface area contributed by atoms with E-state index in [-0.39, 0.29) is 5.91 Å². The molecule has 0 aromatic carbocycles. The van der Waals surface area contributed by atoms with E-state index in [1.54, 1.807) is 31.4 Å². The number of nitrogens with one attached hydrogen (secondary N) is 1. The lowest BCUT2D eigenvalue weighted by Crippen LogP contribution is -2.37. The van der Waals surface area contributed by atoms with Crippen molar-refractivity contribution >= 4 is 11.9 Å². The van der Waals surface area contributed by atoms with Gasteiger partial charge in [-0.15, -0.1) is 0 Å². The monoisotopic (exact) mass is 265 g/mol. The lowest BCUT2D eigenvalue weighted by molar-refractivity contribution is -0.127. The highest BCUT2D eigenvalue weighted by molar-refractivity contribution is 5.80. The fourth-order valence-corrected chi connectivity index (χ4v) is 1.50. The van der Waals surface area contributed by atoms with Crippen LogP contribution < -0.4 is 10.2 Å². The number of carbonyl (C=O) groups excluding carboxylic acids is 1. The minimum Gasteiger partial charge on any atom is -0.347 e. The van der Waals surface area contributed by atoms with Gasteiger partial charge < -0.3 is 15.1 Å².